The zero-order valence-electron chi connectivity index (χ0n) is 18.7. The monoisotopic (exact) mass is 451 g/mol. The van der Waals surface area contributed by atoms with E-state index in [1.165, 1.54) is 38.5 Å². The van der Waals surface area contributed by atoms with Crippen molar-refractivity contribution in [2.45, 2.75) is 19.8 Å². The first-order valence-corrected chi connectivity index (χ1v) is 10.7. The first kappa shape index (κ1) is 22.3. The van der Waals surface area contributed by atoms with Gasteiger partial charge >= 0.3 is 0 Å². The highest BCUT2D eigenvalue weighted by Gasteiger charge is 2.43. The Morgan fingerprint density at radius 2 is 1.64 bits per heavy atom. The van der Waals surface area contributed by atoms with Gasteiger partial charge in [0.15, 0.2) is 0 Å². The maximum absolute atomic E-state index is 13.7. The largest absolute Gasteiger partial charge is 0.497 e. The Morgan fingerprint density at radius 1 is 1.00 bits per heavy atom. The molecule has 0 spiro atoms. The van der Waals surface area contributed by atoms with E-state index < -0.39 is 16.7 Å². The van der Waals surface area contributed by atoms with Crippen molar-refractivity contribution >= 4 is 28.8 Å². The normalized spacial score (nSPS) is 18.7. The van der Waals surface area contributed by atoms with Gasteiger partial charge in [-0.3, -0.25) is 19.7 Å². The number of nitro benzene ring substituents is 1. The van der Waals surface area contributed by atoms with Crippen LogP contribution < -0.4 is 14.4 Å². The Bertz CT molecular complexity index is 1120. The maximum atomic E-state index is 13.7. The fourth-order valence-electron chi connectivity index (χ4n) is 4.37. The van der Waals surface area contributed by atoms with Gasteiger partial charge in [0.2, 0.25) is 0 Å². The summed E-state index contributed by atoms with van der Waals surface area (Å²) in [5.41, 5.74) is 1.27. The Kier molecular flexibility index (Phi) is 6.04. The van der Waals surface area contributed by atoms with Crippen LogP contribution >= 0.6 is 0 Å². The molecule has 1 unspecified atom stereocenters. The second-order valence-corrected chi connectivity index (χ2v) is 8.24. The third-order valence-corrected chi connectivity index (χ3v) is 5.99. The van der Waals surface area contributed by atoms with Gasteiger partial charge in [0.1, 0.15) is 17.2 Å². The molecule has 2 amide bonds. The zero-order valence-corrected chi connectivity index (χ0v) is 18.7. The summed E-state index contributed by atoms with van der Waals surface area (Å²) in [5.74, 6) is 0.345. The maximum Gasteiger partial charge on any atom is 0.282 e. The molecule has 9 nitrogen and oxygen atoms in total. The van der Waals surface area contributed by atoms with Gasteiger partial charge in [0.05, 0.1) is 30.4 Å². The molecule has 1 atom stereocenters. The zero-order chi connectivity index (χ0) is 23.7. The summed E-state index contributed by atoms with van der Waals surface area (Å²) in [6.07, 6.45) is 1.96. The minimum atomic E-state index is -0.498. The summed E-state index contributed by atoms with van der Waals surface area (Å²) in [4.78, 5) is 41.0. The highest BCUT2D eigenvalue weighted by molar-refractivity contribution is 6.45. The molecule has 9 heteroatoms. The number of anilines is 1. The third-order valence-electron chi connectivity index (χ3n) is 5.99. The van der Waals surface area contributed by atoms with Gasteiger partial charge in [-0.2, -0.15) is 0 Å². The van der Waals surface area contributed by atoms with Crippen LogP contribution in [-0.4, -0.2) is 48.9 Å². The first-order chi connectivity index (χ1) is 15.8. The Balaban J connectivity index is 1.83. The number of methoxy groups -OCH3 is 2. The lowest BCUT2D eigenvalue weighted by Crippen LogP contribution is -2.39. The summed E-state index contributed by atoms with van der Waals surface area (Å²) in [6.45, 7) is 3.43. The van der Waals surface area contributed by atoms with E-state index in [0.29, 0.717) is 47.5 Å². The van der Waals surface area contributed by atoms with Gasteiger partial charge in [-0.15, -0.1) is 0 Å². The fourth-order valence-corrected chi connectivity index (χ4v) is 4.37. The first-order valence-electron chi connectivity index (χ1n) is 10.7. The highest BCUT2D eigenvalue weighted by atomic mass is 16.6. The van der Waals surface area contributed by atoms with Crippen molar-refractivity contribution in [3.8, 4) is 11.5 Å². The molecule has 0 radical (unpaired) electrons. The number of amides is 2. The van der Waals surface area contributed by atoms with Crippen molar-refractivity contribution < 1.29 is 24.0 Å². The Labute approximate surface area is 191 Å². The summed E-state index contributed by atoms with van der Waals surface area (Å²) >= 11 is 0. The Morgan fingerprint density at radius 3 is 2.18 bits per heavy atom. The number of hydrogen-bond acceptors (Lipinski definition) is 7. The quantitative estimate of drug-likeness (QED) is 0.375. The van der Waals surface area contributed by atoms with Crippen molar-refractivity contribution in [2.75, 3.05) is 32.2 Å². The van der Waals surface area contributed by atoms with Crippen molar-refractivity contribution in [1.82, 2.24) is 4.90 Å². The van der Waals surface area contributed by atoms with E-state index in [1.807, 2.05) is 4.90 Å². The van der Waals surface area contributed by atoms with Gasteiger partial charge in [-0.1, -0.05) is 6.92 Å². The Hall–Kier alpha value is -3.88. The third kappa shape index (κ3) is 4.13. The van der Waals surface area contributed by atoms with Gasteiger partial charge in [-0.05, 0) is 36.5 Å². The minimum absolute atomic E-state index is 0.0846. The number of piperidine rings is 1. The number of non-ortho nitro benzene ring substituents is 1. The number of likely N-dealkylation sites (tertiary alicyclic amines) is 1. The van der Waals surface area contributed by atoms with Crippen LogP contribution in [0.15, 0.2) is 48.2 Å². The van der Waals surface area contributed by atoms with E-state index in [-0.39, 0.29) is 11.3 Å². The fraction of sp³-hybridized carbons (Fsp3) is 0.333. The van der Waals surface area contributed by atoms with E-state index in [1.54, 1.807) is 18.2 Å². The molecule has 1 saturated heterocycles. The SMILES string of the molecule is COc1cc(OC)cc(N2C(=O)C(c3ccc([N+](=O)[O-])cc3)=C(N3CCCC(C)C3)C2=O)c1. The van der Waals surface area contributed by atoms with E-state index in [2.05, 4.69) is 6.92 Å². The molecular formula is C24H25N3O6. The number of benzene rings is 2. The van der Waals surface area contributed by atoms with Gasteiger partial charge in [0.25, 0.3) is 17.5 Å². The second-order valence-electron chi connectivity index (χ2n) is 8.24. The molecule has 2 aliphatic rings. The van der Waals surface area contributed by atoms with Gasteiger partial charge < -0.3 is 14.4 Å². The van der Waals surface area contributed by atoms with E-state index in [9.17, 15) is 19.7 Å². The van der Waals surface area contributed by atoms with Crippen molar-refractivity contribution in [1.29, 1.82) is 0 Å². The van der Waals surface area contributed by atoms with Crippen LogP contribution in [0, 0.1) is 16.0 Å². The summed E-state index contributed by atoms with van der Waals surface area (Å²) < 4.78 is 10.6. The molecule has 2 heterocycles. The molecule has 0 bridgehead atoms. The molecule has 0 N–H and O–H groups in total. The minimum Gasteiger partial charge on any atom is -0.497 e. The number of ether oxygens (including phenoxy) is 2. The molecule has 0 aliphatic carbocycles. The number of carbonyl (C=O) groups is 2. The number of carbonyl (C=O) groups excluding carboxylic acids is 2. The molecule has 4 rings (SSSR count). The lowest BCUT2D eigenvalue weighted by molar-refractivity contribution is -0.384. The smallest absolute Gasteiger partial charge is 0.282 e. The number of nitro groups is 1. The van der Waals surface area contributed by atoms with E-state index in [4.69, 9.17) is 9.47 Å². The summed E-state index contributed by atoms with van der Waals surface area (Å²) in [5, 5.41) is 11.1. The van der Waals surface area contributed by atoms with E-state index >= 15 is 0 Å². The van der Waals surface area contributed by atoms with E-state index in [0.717, 1.165) is 17.7 Å². The topological polar surface area (TPSA) is 102 Å². The molecule has 1 fully saturated rings. The average molecular weight is 451 g/mol. The summed E-state index contributed by atoms with van der Waals surface area (Å²) in [6, 6.07) is 10.6. The van der Waals surface area contributed by atoms with Crippen LogP contribution in [0.25, 0.3) is 5.57 Å². The average Bonchev–Trinajstić information content (AvgIpc) is 3.08. The second kappa shape index (κ2) is 8.93. The number of nitrogens with zero attached hydrogens (tertiary/aromatic N) is 3. The predicted molar refractivity (Wildman–Crippen MR) is 122 cm³/mol. The lowest BCUT2D eigenvalue weighted by Gasteiger charge is -2.33. The molecule has 33 heavy (non-hydrogen) atoms. The van der Waals surface area contributed by atoms with Crippen molar-refractivity contribution in [2.24, 2.45) is 5.92 Å². The number of rotatable bonds is 6. The molecule has 0 saturated carbocycles. The molecule has 172 valence electrons. The highest BCUT2D eigenvalue weighted by Crippen LogP contribution is 2.39. The molecular weight excluding hydrogens is 426 g/mol. The van der Waals surface area contributed by atoms with Crippen LogP contribution in [0.5, 0.6) is 11.5 Å². The van der Waals surface area contributed by atoms with Crippen LogP contribution in [0.4, 0.5) is 11.4 Å². The standard InChI is InChI=1S/C24H25N3O6/c1-15-5-4-10-25(14-15)22-21(16-6-8-17(9-7-16)27(30)31)23(28)26(24(22)29)18-11-19(32-2)13-20(12-18)33-3/h6-9,11-13,15H,4-5,10,14H2,1-3H3. The molecule has 2 aromatic rings. The predicted octanol–water partition coefficient (Wildman–Crippen LogP) is 3.63. The lowest BCUT2D eigenvalue weighted by atomic mass is 9.97. The van der Waals surface area contributed by atoms with Gasteiger partial charge in [-0.25, -0.2) is 4.90 Å². The van der Waals surface area contributed by atoms with Crippen LogP contribution in [0.1, 0.15) is 25.3 Å². The van der Waals surface area contributed by atoms with Crippen LogP contribution in [0.3, 0.4) is 0 Å². The van der Waals surface area contributed by atoms with Crippen LogP contribution in [-0.2, 0) is 9.59 Å². The van der Waals surface area contributed by atoms with Crippen molar-refractivity contribution in [3.63, 3.8) is 0 Å². The molecule has 0 aromatic heterocycles. The molecule has 2 aromatic carbocycles. The number of hydrogen-bond donors (Lipinski definition) is 0. The molecule has 2 aliphatic heterocycles. The number of imide groups is 1. The van der Waals surface area contributed by atoms with Crippen molar-refractivity contribution in [3.05, 3.63) is 63.8 Å². The van der Waals surface area contributed by atoms with Crippen LogP contribution in [0.2, 0.25) is 0 Å². The van der Waals surface area contributed by atoms with Gasteiger partial charge in [0, 0.05) is 43.4 Å². The summed E-state index contributed by atoms with van der Waals surface area (Å²) in [7, 11) is 2.99.